The molecule has 1 aromatic carbocycles. The Balaban J connectivity index is 1.36. The van der Waals surface area contributed by atoms with Gasteiger partial charge in [0.1, 0.15) is 5.75 Å². The van der Waals surface area contributed by atoms with Crippen molar-refractivity contribution in [2.24, 2.45) is 0 Å². The smallest absolute Gasteiger partial charge is 0.387 e. The Morgan fingerprint density at radius 1 is 1.03 bits per heavy atom. The van der Waals surface area contributed by atoms with Gasteiger partial charge in [0.25, 0.3) is 5.91 Å². The predicted molar refractivity (Wildman–Crippen MR) is 115 cm³/mol. The zero-order chi connectivity index (χ0) is 22.5. The number of alkyl halides is 2. The maximum atomic E-state index is 12.6. The second-order valence-corrected chi connectivity index (χ2v) is 7.93. The number of hydrogen-bond donors (Lipinski definition) is 2. The third-order valence-electron chi connectivity index (χ3n) is 3.99. The van der Waals surface area contributed by atoms with E-state index in [0.717, 1.165) is 11.3 Å². The van der Waals surface area contributed by atoms with Crippen LogP contribution in [0.15, 0.2) is 57.8 Å². The summed E-state index contributed by atoms with van der Waals surface area (Å²) in [5.74, 6) is -0.652. The molecule has 0 radical (unpaired) electrons. The number of carbonyl (C=O) groups is 2. The zero-order valence-corrected chi connectivity index (χ0v) is 17.7. The van der Waals surface area contributed by atoms with Crippen molar-refractivity contribution in [3.63, 3.8) is 0 Å². The van der Waals surface area contributed by atoms with Crippen molar-refractivity contribution in [2.75, 3.05) is 10.6 Å². The maximum absolute atomic E-state index is 12.6. The predicted octanol–water partition coefficient (Wildman–Crippen LogP) is 4.89. The highest BCUT2D eigenvalue weighted by Crippen LogP contribution is 2.33. The number of benzene rings is 1. The van der Waals surface area contributed by atoms with Crippen LogP contribution in [-0.4, -0.2) is 28.4 Å². The van der Waals surface area contributed by atoms with Crippen LogP contribution in [0.1, 0.15) is 16.2 Å². The summed E-state index contributed by atoms with van der Waals surface area (Å²) in [6.45, 7) is -2.96. The lowest BCUT2D eigenvalue weighted by Crippen LogP contribution is -2.15. The van der Waals surface area contributed by atoms with Crippen molar-refractivity contribution in [1.82, 2.24) is 9.97 Å². The number of nitrogens with zero attached hydrogens (tertiary/aromatic N) is 2. The Hall–Kier alpha value is -3.64. The fourth-order valence-electron chi connectivity index (χ4n) is 2.67. The molecule has 0 aliphatic rings. The van der Waals surface area contributed by atoms with Crippen LogP contribution in [0, 0.1) is 0 Å². The minimum Gasteiger partial charge on any atom is -0.459 e. The van der Waals surface area contributed by atoms with Gasteiger partial charge in [0, 0.05) is 16.3 Å². The first-order chi connectivity index (χ1) is 15.5. The van der Waals surface area contributed by atoms with E-state index in [-0.39, 0.29) is 23.8 Å². The van der Waals surface area contributed by atoms with Crippen LogP contribution < -0.4 is 15.4 Å². The SMILES string of the molecule is O=C(Cc1csc(NC(=O)c2ccco2)n1)Nc1nc(-c2ccccc2OC(F)F)cs1. The Labute approximate surface area is 187 Å². The Kier molecular flexibility index (Phi) is 6.52. The third kappa shape index (κ3) is 5.34. The number of halogens is 2. The molecule has 164 valence electrons. The third-order valence-corrected chi connectivity index (χ3v) is 5.55. The molecule has 8 nitrogen and oxygen atoms in total. The molecule has 3 aromatic heterocycles. The molecule has 0 atom stereocenters. The van der Waals surface area contributed by atoms with Crippen molar-refractivity contribution in [3.8, 4) is 17.0 Å². The van der Waals surface area contributed by atoms with Gasteiger partial charge in [-0.05, 0) is 24.3 Å². The highest BCUT2D eigenvalue weighted by molar-refractivity contribution is 7.14. The topological polar surface area (TPSA) is 106 Å². The van der Waals surface area contributed by atoms with Gasteiger partial charge in [-0.25, -0.2) is 9.97 Å². The molecule has 0 bridgehead atoms. The van der Waals surface area contributed by atoms with Crippen molar-refractivity contribution in [2.45, 2.75) is 13.0 Å². The Bertz CT molecular complexity index is 1220. The molecule has 0 aliphatic heterocycles. The zero-order valence-electron chi connectivity index (χ0n) is 16.1. The number of nitrogens with one attached hydrogen (secondary N) is 2. The van der Waals surface area contributed by atoms with E-state index < -0.39 is 12.5 Å². The number of ether oxygens (including phenoxy) is 1. The number of thiazole rings is 2. The number of carbonyl (C=O) groups excluding carboxylic acids is 2. The molecule has 0 spiro atoms. The Morgan fingerprint density at radius 2 is 1.81 bits per heavy atom. The van der Waals surface area contributed by atoms with Gasteiger partial charge in [-0.1, -0.05) is 12.1 Å². The number of para-hydroxylation sites is 1. The van der Waals surface area contributed by atoms with E-state index in [1.54, 1.807) is 35.0 Å². The normalized spacial score (nSPS) is 10.8. The molecule has 4 rings (SSSR count). The van der Waals surface area contributed by atoms with Gasteiger partial charge < -0.3 is 14.5 Å². The van der Waals surface area contributed by atoms with Crippen molar-refractivity contribution >= 4 is 44.8 Å². The van der Waals surface area contributed by atoms with E-state index in [1.807, 2.05) is 0 Å². The summed E-state index contributed by atoms with van der Waals surface area (Å²) in [5, 5.41) is 9.18. The minimum atomic E-state index is -2.96. The van der Waals surface area contributed by atoms with Crippen LogP contribution in [0.3, 0.4) is 0 Å². The van der Waals surface area contributed by atoms with E-state index in [0.29, 0.717) is 27.2 Å². The number of anilines is 2. The maximum Gasteiger partial charge on any atom is 0.387 e. The number of rotatable bonds is 8. The fourth-order valence-corrected chi connectivity index (χ4v) is 4.10. The molecule has 12 heteroatoms. The molecule has 0 unspecified atom stereocenters. The second-order valence-electron chi connectivity index (χ2n) is 6.21. The molecule has 0 aliphatic carbocycles. The van der Waals surface area contributed by atoms with Crippen molar-refractivity contribution in [3.05, 3.63) is 64.9 Å². The monoisotopic (exact) mass is 476 g/mol. The van der Waals surface area contributed by atoms with Gasteiger partial charge >= 0.3 is 6.61 Å². The number of aromatic nitrogens is 2. The van der Waals surface area contributed by atoms with Crippen LogP contribution in [0.25, 0.3) is 11.3 Å². The summed E-state index contributed by atoms with van der Waals surface area (Å²) >= 11 is 2.33. The summed E-state index contributed by atoms with van der Waals surface area (Å²) < 4.78 is 34.8. The molecule has 4 aromatic rings. The number of amides is 2. The molecule has 2 N–H and O–H groups in total. The standard InChI is InChI=1S/C20H14F2N4O4S2/c21-18(22)30-14-5-2-1-4-12(14)13-10-32-20(24-13)25-16(27)8-11-9-31-19(23-11)26-17(28)15-6-3-7-29-15/h1-7,9-10,18H,8H2,(H,23,26,28)(H,24,25,27). The highest BCUT2D eigenvalue weighted by Gasteiger charge is 2.16. The summed E-state index contributed by atoms with van der Waals surface area (Å²) in [5.41, 5.74) is 1.26. The molecule has 0 fully saturated rings. The van der Waals surface area contributed by atoms with Crippen LogP contribution in [0.4, 0.5) is 19.0 Å². The summed E-state index contributed by atoms with van der Waals surface area (Å²) in [6, 6.07) is 9.40. The molecular weight excluding hydrogens is 462 g/mol. The van der Waals surface area contributed by atoms with Gasteiger partial charge in [0.15, 0.2) is 16.0 Å². The summed E-state index contributed by atoms with van der Waals surface area (Å²) in [4.78, 5) is 32.8. The number of furan rings is 1. The second kappa shape index (κ2) is 9.66. The van der Waals surface area contributed by atoms with Crippen LogP contribution in [0.5, 0.6) is 5.75 Å². The van der Waals surface area contributed by atoms with E-state index >= 15 is 0 Å². The lowest BCUT2D eigenvalue weighted by Gasteiger charge is -2.08. The molecule has 3 heterocycles. The molecule has 0 saturated carbocycles. The van der Waals surface area contributed by atoms with E-state index in [4.69, 9.17) is 4.42 Å². The number of hydrogen-bond acceptors (Lipinski definition) is 8. The first-order valence-electron chi connectivity index (χ1n) is 9.07. The first kappa shape index (κ1) is 21.6. The lowest BCUT2D eigenvalue weighted by atomic mass is 10.1. The summed E-state index contributed by atoms with van der Waals surface area (Å²) in [7, 11) is 0. The van der Waals surface area contributed by atoms with Crippen LogP contribution in [0.2, 0.25) is 0 Å². The largest absolute Gasteiger partial charge is 0.459 e. The Morgan fingerprint density at radius 3 is 2.59 bits per heavy atom. The van der Waals surface area contributed by atoms with E-state index in [2.05, 4.69) is 25.3 Å². The molecule has 32 heavy (non-hydrogen) atoms. The van der Waals surface area contributed by atoms with Gasteiger partial charge in [0.05, 0.1) is 24.1 Å². The molecule has 0 saturated heterocycles. The quantitative estimate of drug-likeness (QED) is 0.375. The van der Waals surface area contributed by atoms with Crippen molar-refractivity contribution in [1.29, 1.82) is 0 Å². The average Bonchev–Trinajstić information content (AvgIpc) is 3.50. The summed E-state index contributed by atoms with van der Waals surface area (Å²) in [6.07, 6.45) is 1.36. The van der Waals surface area contributed by atoms with Gasteiger partial charge in [0.2, 0.25) is 5.91 Å². The lowest BCUT2D eigenvalue weighted by molar-refractivity contribution is -0.115. The fraction of sp³-hybridized carbons (Fsp3) is 0.100. The van der Waals surface area contributed by atoms with E-state index in [1.165, 1.54) is 29.7 Å². The minimum absolute atomic E-state index is 0.00252. The molecular formula is C20H14F2N4O4S2. The van der Waals surface area contributed by atoms with Crippen LogP contribution >= 0.6 is 22.7 Å². The van der Waals surface area contributed by atoms with Crippen LogP contribution in [-0.2, 0) is 11.2 Å². The first-order valence-corrected chi connectivity index (χ1v) is 10.8. The molecule has 2 amide bonds. The van der Waals surface area contributed by atoms with E-state index in [9.17, 15) is 18.4 Å². The van der Waals surface area contributed by atoms with Gasteiger partial charge in [-0.15, -0.1) is 22.7 Å². The highest BCUT2D eigenvalue weighted by atomic mass is 32.1. The van der Waals surface area contributed by atoms with Gasteiger partial charge in [-0.2, -0.15) is 8.78 Å². The van der Waals surface area contributed by atoms with Crippen molar-refractivity contribution < 1.29 is 27.5 Å². The van der Waals surface area contributed by atoms with Gasteiger partial charge in [-0.3, -0.25) is 14.9 Å². The average molecular weight is 476 g/mol.